The number of hydrogen-bond donors (Lipinski definition) is 0. The van der Waals surface area contributed by atoms with E-state index in [4.69, 9.17) is 9.47 Å². The van der Waals surface area contributed by atoms with Crippen LogP contribution in [0.1, 0.15) is 29.4 Å². The van der Waals surface area contributed by atoms with Crippen LogP contribution in [0.25, 0.3) is 0 Å². The molecule has 3 rings (SSSR count). The summed E-state index contributed by atoms with van der Waals surface area (Å²) in [5, 5.41) is 7.95. The molecule has 1 aliphatic rings. The van der Waals surface area contributed by atoms with Crippen molar-refractivity contribution in [2.24, 2.45) is 0 Å². The predicted octanol–water partition coefficient (Wildman–Crippen LogP) is 2.00. The van der Waals surface area contributed by atoms with Gasteiger partial charge in [-0.2, -0.15) is 5.10 Å². The molecule has 7 heteroatoms. The van der Waals surface area contributed by atoms with Crippen molar-refractivity contribution in [3.63, 3.8) is 0 Å². The van der Waals surface area contributed by atoms with Gasteiger partial charge in [0, 0.05) is 31.5 Å². The van der Waals surface area contributed by atoms with Crippen molar-refractivity contribution in [1.29, 1.82) is 0 Å². The number of rotatable bonds is 4. The summed E-state index contributed by atoms with van der Waals surface area (Å²) in [6, 6.07) is 10.1. The van der Waals surface area contributed by atoms with Gasteiger partial charge < -0.3 is 14.4 Å². The van der Waals surface area contributed by atoms with Gasteiger partial charge in [0.05, 0.1) is 12.2 Å². The molecule has 2 aromatic rings. The maximum Gasteiger partial charge on any atom is 0.308 e. The summed E-state index contributed by atoms with van der Waals surface area (Å²) < 4.78 is 10.8. The molecule has 130 valence electrons. The molecule has 0 bridgehead atoms. The minimum Gasteiger partial charge on any atom is -0.471 e. The quantitative estimate of drug-likeness (QED) is 0.625. The van der Waals surface area contributed by atoms with E-state index in [1.807, 2.05) is 13.0 Å². The molecule has 25 heavy (non-hydrogen) atoms. The summed E-state index contributed by atoms with van der Waals surface area (Å²) in [4.78, 5) is 25.2. The van der Waals surface area contributed by atoms with Crippen LogP contribution in [0.2, 0.25) is 0 Å². The van der Waals surface area contributed by atoms with E-state index in [0.29, 0.717) is 30.3 Å². The highest BCUT2D eigenvalue weighted by Gasteiger charge is 2.28. The lowest BCUT2D eigenvalue weighted by molar-refractivity contribution is -0.131. The monoisotopic (exact) mass is 341 g/mol. The summed E-state index contributed by atoms with van der Waals surface area (Å²) in [7, 11) is 0. The summed E-state index contributed by atoms with van der Waals surface area (Å²) in [6.45, 7) is 4.32. The second-order valence-electron chi connectivity index (χ2n) is 5.91. The average molecular weight is 341 g/mol. The fourth-order valence-corrected chi connectivity index (χ4v) is 2.64. The van der Waals surface area contributed by atoms with Crippen LogP contribution in [0.3, 0.4) is 0 Å². The molecule has 1 atom stereocenters. The smallest absolute Gasteiger partial charge is 0.308 e. The summed E-state index contributed by atoms with van der Waals surface area (Å²) in [6.07, 6.45) is 0.647. The van der Waals surface area contributed by atoms with Crippen LogP contribution in [0.15, 0.2) is 36.4 Å². The van der Waals surface area contributed by atoms with E-state index in [9.17, 15) is 9.59 Å². The highest BCUT2D eigenvalue weighted by molar-refractivity contribution is 5.94. The second-order valence-corrected chi connectivity index (χ2v) is 5.91. The van der Waals surface area contributed by atoms with E-state index in [0.717, 1.165) is 12.1 Å². The molecule has 1 aliphatic heterocycles. The fraction of sp³-hybridized carbons (Fsp3) is 0.333. The van der Waals surface area contributed by atoms with Gasteiger partial charge in [0.25, 0.3) is 5.91 Å². The number of aryl methyl sites for hydroxylation is 1. The number of benzene rings is 1. The maximum absolute atomic E-state index is 12.6. The molecule has 0 aliphatic carbocycles. The lowest BCUT2D eigenvalue weighted by atomic mass is 10.2. The van der Waals surface area contributed by atoms with Gasteiger partial charge >= 0.3 is 5.97 Å². The molecule has 0 radical (unpaired) electrons. The molecule has 1 saturated heterocycles. The Morgan fingerprint density at radius 3 is 2.52 bits per heavy atom. The van der Waals surface area contributed by atoms with E-state index >= 15 is 0 Å². The molecular weight excluding hydrogens is 322 g/mol. The molecule has 1 aromatic carbocycles. The highest BCUT2D eigenvalue weighted by atomic mass is 16.5. The Morgan fingerprint density at radius 2 is 1.88 bits per heavy atom. The molecule has 0 N–H and O–H groups in total. The Bertz CT molecular complexity index is 759. The third-order valence-electron chi connectivity index (χ3n) is 3.86. The van der Waals surface area contributed by atoms with E-state index in [1.54, 1.807) is 35.2 Å². The Labute approximate surface area is 145 Å². The van der Waals surface area contributed by atoms with Crippen molar-refractivity contribution in [2.45, 2.75) is 26.4 Å². The number of likely N-dealkylation sites (tertiary alicyclic amines) is 1. The van der Waals surface area contributed by atoms with Crippen molar-refractivity contribution >= 4 is 11.9 Å². The Morgan fingerprint density at radius 1 is 1.12 bits per heavy atom. The fourth-order valence-electron chi connectivity index (χ4n) is 2.64. The highest BCUT2D eigenvalue weighted by Crippen LogP contribution is 2.20. The Kier molecular flexibility index (Phi) is 4.92. The van der Waals surface area contributed by atoms with Crippen molar-refractivity contribution in [2.75, 3.05) is 13.1 Å². The number of nitrogens with zero attached hydrogens (tertiary/aromatic N) is 3. The average Bonchev–Trinajstić information content (AvgIpc) is 3.05. The van der Waals surface area contributed by atoms with Crippen molar-refractivity contribution in [3.8, 4) is 11.6 Å². The third kappa shape index (κ3) is 4.32. The topological polar surface area (TPSA) is 81.6 Å². The van der Waals surface area contributed by atoms with E-state index in [2.05, 4.69) is 10.2 Å². The number of esters is 1. The lowest BCUT2D eigenvalue weighted by Gasteiger charge is -2.17. The molecule has 7 nitrogen and oxygen atoms in total. The van der Waals surface area contributed by atoms with E-state index in [-0.39, 0.29) is 12.0 Å². The van der Waals surface area contributed by atoms with Crippen LogP contribution in [-0.2, 0) is 4.79 Å². The van der Waals surface area contributed by atoms with Crippen molar-refractivity contribution in [1.82, 2.24) is 15.1 Å². The van der Waals surface area contributed by atoms with Gasteiger partial charge in [-0.25, -0.2) is 0 Å². The van der Waals surface area contributed by atoms with Crippen LogP contribution in [-0.4, -0.2) is 46.2 Å². The maximum atomic E-state index is 12.6. The molecule has 1 unspecified atom stereocenters. The van der Waals surface area contributed by atoms with Crippen molar-refractivity contribution in [3.05, 3.63) is 47.7 Å². The molecular formula is C18H19N3O4. The summed E-state index contributed by atoms with van der Waals surface area (Å²) in [5.41, 5.74) is 1.37. The van der Waals surface area contributed by atoms with Gasteiger partial charge in [-0.15, -0.1) is 5.10 Å². The third-order valence-corrected chi connectivity index (χ3v) is 3.86. The van der Waals surface area contributed by atoms with Crippen molar-refractivity contribution < 1.29 is 19.1 Å². The van der Waals surface area contributed by atoms with Crippen LogP contribution >= 0.6 is 0 Å². The lowest BCUT2D eigenvalue weighted by Crippen LogP contribution is -2.31. The minimum atomic E-state index is -0.391. The molecule has 2 heterocycles. The summed E-state index contributed by atoms with van der Waals surface area (Å²) >= 11 is 0. The normalized spacial score (nSPS) is 16.6. The van der Waals surface area contributed by atoms with Gasteiger partial charge in [0.2, 0.25) is 5.88 Å². The first kappa shape index (κ1) is 16.9. The molecule has 1 amide bonds. The first-order valence-corrected chi connectivity index (χ1v) is 8.06. The zero-order chi connectivity index (χ0) is 17.8. The first-order valence-electron chi connectivity index (χ1n) is 8.06. The number of carbonyl (C=O) groups excluding carboxylic acids is 2. The van der Waals surface area contributed by atoms with E-state index in [1.165, 1.54) is 6.92 Å². The van der Waals surface area contributed by atoms with Crippen LogP contribution in [0.4, 0.5) is 0 Å². The van der Waals surface area contributed by atoms with Gasteiger partial charge in [0.15, 0.2) is 0 Å². The molecule has 1 fully saturated rings. The van der Waals surface area contributed by atoms with Gasteiger partial charge in [0.1, 0.15) is 11.9 Å². The van der Waals surface area contributed by atoms with Gasteiger partial charge in [-0.05, 0) is 37.3 Å². The first-order chi connectivity index (χ1) is 12.0. The zero-order valence-corrected chi connectivity index (χ0v) is 14.1. The zero-order valence-electron chi connectivity index (χ0n) is 14.1. The largest absolute Gasteiger partial charge is 0.471 e. The van der Waals surface area contributed by atoms with Crippen LogP contribution in [0, 0.1) is 6.92 Å². The van der Waals surface area contributed by atoms with Crippen LogP contribution in [0.5, 0.6) is 11.6 Å². The summed E-state index contributed by atoms with van der Waals surface area (Å²) in [5.74, 6) is 0.425. The second kappa shape index (κ2) is 7.29. The molecule has 1 aromatic heterocycles. The number of carbonyl (C=O) groups is 2. The molecule has 0 saturated carbocycles. The van der Waals surface area contributed by atoms with Gasteiger partial charge in [-0.3, -0.25) is 9.59 Å². The molecule has 0 spiro atoms. The Hall–Kier alpha value is -2.96. The SMILES string of the molecule is CC(=O)Oc1ccc(C(=O)N2CCC(Oc3ccc(C)nn3)C2)cc1. The number of aromatic nitrogens is 2. The number of hydrogen-bond acceptors (Lipinski definition) is 6. The predicted molar refractivity (Wildman–Crippen MR) is 89.5 cm³/mol. The number of ether oxygens (including phenoxy) is 2. The number of amides is 1. The van der Waals surface area contributed by atoms with E-state index < -0.39 is 5.97 Å². The standard InChI is InChI=1S/C18H19N3O4/c1-12-3-8-17(20-19-12)25-16-9-10-21(11-16)18(23)14-4-6-15(7-5-14)24-13(2)22/h3-8,16H,9-11H2,1-2H3. The van der Waals surface area contributed by atoms with Crippen LogP contribution < -0.4 is 9.47 Å². The van der Waals surface area contributed by atoms with Gasteiger partial charge in [-0.1, -0.05) is 0 Å². The Balaban J connectivity index is 1.58. The minimum absolute atomic E-state index is 0.0736.